The molecule has 6 N–H and O–H groups in total. The molecule has 0 radical (unpaired) electrons. The van der Waals surface area contributed by atoms with Gasteiger partial charge in [-0.1, -0.05) is 0 Å². The topological polar surface area (TPSA) is 134 Å². The minimum absolute atomic E-state index is 0.118. The predicted molar refractivity (Wildman–Crippen MR) is 64.1 cm³/mol. The van der Waals surface area contributed by atoms with E-state index in [1.54, 1.807) is 0 Å². The fourth-order valence-corrected chi connectivity index (χ4v) is 1.10. The van der Waals surface area contributed by atoms with Crippen molar-refractivity contribution in [1.29, 1.82) is 0 Å². The van der Waals surface area contributed by atoms with Gasteiger partial charge in [0.15, 0.2) is 6.17 Å². The molecule has 0 bridgehead atoms. The standard InChI is InChI=1S/C10H20N4O4/c1-6(15)5-8(17)14-9(11)10(18)13-4-3-12-7(2)16/h6,9,15H,3-5,11H2,1-2H3,(H,12,16)(H,13,18)(H,14,17). The van der Waals surface area contributed by atoms with E-state index in [1.807, 2.05) is 0 Å². The molecule has 8 nitrogen and oxygen atoms in total. The molecule has 3 amide bonds. The number of hydrogen-bond acceptors (Lipinski definition) is 5. The summed E-state index contributed by atoms with van der Waals surface area (Å²) >= 11 is 0. The molecule has 0 aliphatic carbocycles. The van der Waals surface area contributed by atoms with Crippen LogP contribution in [0.15, 0.2) is 0 Å². The van der Waals surface area contributed by atoms with Crippen molar-refractivity contribution in [2.45, 2.75) is 32.5 Å². The van der Waals surface area contributed by atoms with Gasteiger partial charge >= 0.3 is 0 Å². The van der Waals surface area contributed by atoms with Crippen LogP contribution in [0.3, 0.4) is 0 Å². The third kappa shape index (κ3) is 8.48. The lowest BCUT2D eigenvalue weighted by molar-refractivity contribution is -0.129. The fourth-order valence-electron chi connectivity index (χ4n) is 1.10. The average molecular weight is 260 g/mol. The van der Waals surface area contributed by atoms with Gasteiger partial charge in [0.25, 0.3) is 5.91 Å². The van der Waals surface area contributed by atoms with Crippen LogP contribution in [0.4, 0.5) is 0 Å². The normalized spacial score (nSPS) is 13.3. The Morgan fingerprint density at radius 3 is 2.28 bits per heavy atom. The first-order chi connectivity index (χ1) is 8.32. The molecule has 0 saturated heterocycles. The summed E-state index contributed by atoms with van der Waals surface area (Å²) in [6, 6.07) is 0. The molecule has 104 valence electrons. The molecule has 0 aromatic rings. The first-order valence-electron chi connectivity index (χ1n) is 5.58. The molecule has 2 unspecified atom stereocenters. The summed E-state index contributed by atoms with van der Waals surface area (Å²) in [4.78, 5) is 33.1. The number of nitrogens with two attached hydrogens (primary N) is 1. The van der Waals surface area contributed by atoms with Crippen LogP contribution in [0, 0.1) is 0 Å². The van der Waals surface area contributed by atoms with Crippen molar-refractivity contribution in [3.8, 4) is 0 Å². The van der Waals surface area contributed by atoms with E-state index in [0.717, 1.165) is 0 Å². The number of nitrogens with one attached hydrogen (secondary N) is 3. The summed E-state index contributed by atoms with van der Waals surface area (Å²) < 4.78 is 0. The summed E-state index contributed by atoms with van der Waals surface area (Å²) in [5.41, 5.74) is 5.42. The summed E-state index contributed by atoms with van der Waals surface area (Å²) in [7, 11) is 0. The number of carbonyl (C=O) groups excluding carboxylic acids is 3. The van der Waals surface area contributed by atoms with Crippen LogP contribution in [0.1, 0.15) is 20.3 Å². The maximum atomic E-state index is 11.4. The van der Waals surface area contributed by atoms with Crippen LogP contribution < -0.4 is 21.7 Å². The Labute approximate surface area is 105 Å². The minimum Gasteiger partial charge on any atom is -0.393 e. The highest BCUT2D eigenvalue weighted by Gasteiger charge is 2.16. The second-order valence-electron chi connectivity index (χ2n) is 3.87. The van der Waals surface area contributed by atoms with Crippen molar-refractivity contribution in [2.24, 2.45) is 5.73 Å². The molecule has 18 heavy (non-hydrogen) atoms. The number of amides is 3. The van der Waals surface area contributed by atoms with Gasteiger partial charge in [-0.2, -0.15) is 0 Å². The Morgan fingerprint density at radius 2 is 1.78 bits per heavy atom. The zero-order valence-corrected chi connectivity index (χ0v) is 10.5. The van der Waals surface area contributed by atoms with Crippen LogP contribution >= 0.6 is 0 Å². The average Bonchev–Trinajstić information content (AvgIpc) is 2.22. The summed E-state index contributed by atoms with van der Waals surface area (Å²) in [5.74, 6) is -1.26. The largest absolute Gasteiger partial charge is 0.393 e. The Hall–Kier alpha value is -1.67. The van der Waals surface area contributed by atoms with E-state index >= 15 is 0 Å². The van der Waals surface area contributed by atoms with E-state index in [0.29, 0.717) is 0 Å². The summed E-state index contributed by atoms with van der Waals surface area (Å²) in [5, 5.41) is 16.1. The lowest BCUT2D eigenvalue weighted by atomic mass is 10.2. The maximum absolute atomic E-state index is 11.4. The summed E-state index contributed by atoms with van der Waals surface area (Å²) in [6.45, 7) is 3.33. The third-order valence-corrected chi connectivity index (χ3v) is 1.88. The lowest BCUT2D eigenvalue weighted by Crippen LogP contribution is -2.53. The summed E-state index contributed by atoms with van der Waals surface area (Å²) in [6.07, 6.45) is -2.08. The van der Waals surface area contributed by atoms with Gasteiger partial charge in [0.1, 0.15) is 0 Å². The van der Waals surface area contributed by atoms with Gasteiger partial charge in [0.2, 0.25) is 11.8 Å². The second-order valence-corrected chi connectivity index (χ2v) is 3.87. The molecular formula is C10H20N4O4. The Kier molecular flexibility index (Phi) is 7.64. The van der Waals surface area contributed by atoms with Gasteiger partial charge in [0, 0.05) is 20.0 Å². The van der Waals surface area contributed by atoms with Crippen molar-refractivity contribution in [3.05, 3.63) is 0 Å². The van der Waals surface area contributed by atoms with Crippen LogP contribution in [-0.4, -0.2) is 48.2 Å². The monoisotopic (exact) mass is 260 g/mol. The molecule has 0 aromatic heterocycles. The van der Waals surface area contributed by atoms with Gasteiger partial charge in [-0.05, 0) is 6.92 Å². The quantitative estimate of drug-likeness (QED) is 0.253. The zero-order valence-electron chi connectivity index (χ0n) is 10.5. The van der Waals surface area contributed by atoms with Crippen molar-refractivity contribution >= 4 is 17.7 Å². The zero-order chi connectivity index (χ0) is 14.1. The molecule has 0 aromatic carbocycles. The molecule has 0 aliphatic rings. The van der Waals surface area contributed by atoms with Crippen LogP contribution in [-0.2, 0) is 14.4 Å². The van der Waals surface area contributed by atoms with Gasteiger partial charge < -0.3 is 26.8 Å². The molecule has 0 spiro atoms. The second kappa shape index (κ2) is 8.43. The number of aliphatic hydroxyl groups excluding tert-OH is 1. The molecule has 0 rings (SSSR count). The van der Waals surface area contributed by atoms with Crippen molar-refractivity contribution in [2.75, 3.05) is 13.1 Å². The number of aliphatic hydroxyl groups is 1. The highest BCUT2D eigenvalue weighted by molar-refractivity contribution is 5.87. The third-order valence-electron chi connectivity index (χ3n) is 1.88. The van der Waals surface area contributed by atoms with E-state index < -0.39 is 24.1 Å². The molecule has 0 aliphatic heterocycles. The van der Waals surface area contributed by atoms with Crippen molar-refractivity contribution in [1.82, 2.24) is 16.0 Å². The molecular weight excluding hydrogens is 240 g/mol. The molecule has 0 saturated carbocycles. The highest BCUT2D eigenvalue weighted by atomic mass is 16.3. The number of carbonyl (C=O) groups is 3. The van der Waals surface area contributed by atoms with Gasteiger partial charge in [-0.3, -0.25) is 14.4 Å². The molecule has 8 heteroatoms. The van der Waals surface area contributed by atoms with E-state index in [1.165, 1.54) is 13.8 Å². The van der Waals surface area contributed by atoms with E-state index in [4.69, 9.17) is 10.8 Å². The SMILES string of the molecule is CC(=O)NCCNC(=O)C(N)NC(=O)CC(C)O. The van der Waals surface area contributed by atoms with Gasteiger partial charge in [0.05, 0.1) is 12.5 Å². The first-order valence-corrected chi connectivity index (χ1v) is 5.58. The Morgan fingerprint density at radius 1 is 1.22 bits per heavy atom. The number of hydrogen-bond donors (Lipinski definition) is 5. The molecule has 2 atom stereocenters. The van der Waals surface area contributed by atoms with Gasteiger partial charge in [-0.15, -0.1) is 0 Å². The van der Waals surface area contributed by atoms with E-state index in [-0.39, 0.29) is 25.4 Å². The van der Waals surface area contributed by atoms with Crippen LogP contribution in [0.25, 0.3) is 0 Å². The Balaban J connectivity index is 3.82. The van der Waals surface area contributed by atoms with Crippen LogP contribution in [0.5, 0.6) is 0 Å². The fraction of sp³-hybridized carbons (Fsp3) is 0.700. The highest BCUT2D eigenvalue weighted by Crippen LogP contribution is 1.89. The smallest absolute Gasteiger partial charge is 0.257 e. The van der Waals surface area contributed by atoms with E-state index in [2.05, 4.69) is 16.0 Å². The maximum Gasteiger partial charge on any atom is 0.257 e. The molecule has 0 heterocycles. The van der Waals surface area contributed by atoms with Crippen molar-refractivity contribution < 1.29 is 19.5 Å². The van der Waals surface area contributed by atoms with Gasteiger partial charge in [-0.25, -0.2) is 0 Å². The van der Waals surface area contributed by atoms with E-state index in [9.17, 15) is 14.4 Å². The number of rotatable bonds is 7. The minimum atomic E-state index is -1.17. The molecule has 0 fully saturated rings. The predicted octanol–water partition coefficient (Wildman–Crippen LogP) is -2.59. The Bertz CT molecular complexity index is 306. The van der Waals surface area contributed by atoms with Crippen LogP contribution in [0.2, 0.25) is 0 Å². The van der Waals surface area contributed by atoms with Crippen molar-refractivity contribution in [3.63, 3.8) is 0 Å². The first kappa shape index (κ1) is 16.3. The lowest BCUT2D eigenvalue weighted by Gasteiger charge is -2.14.